The van der Waals surface area contributed by atoms with Crippen molar-refractivity contribution in [1.29, 1.82) is 0 Å². The van der Waals surface area contributed by atoms with Crippen molar-refractivity contribution in [3.8, 4) is 11.5 Å². The van der Waals surface area contributed by atoms with Crippen LogP contribution in [0.15, 0.2) is 30.3 Å². The lowest BCUT2D eigenvalue weighted by Crippen LogP contribution is -2.23. The maximum atomic E-state index is 13.9. The number of hydrogen-bond donors (Lipinski definition) is 1. The topological polar surface area (TPSA) is 72.8 Å². The van der Waals surface area contributed by atoms with Crippen LogP contribution in [-0.2, 0) is 6.61 Å². The van der Waals surface area contributed by atoms with Crippen molar-refractivity contribution in [2.75, 3.05) is 13.2 Å². The number of carbonyl (C=O) groups is 2. The molecule has 0 fully saturated rings. The van der Waals surface area contributed by atoms with Gasteiger partial charge in [-0.3, -0.25) is 9.59 Å². The van der Waals surface area contributed by atoms with Crippen LogP contribution in [0.3, 0.4) is 0 Å². The zero-order valence-corrected chi connectivity index (χ0v) is 27.7. The van der Waals surface area contributed by atoms with E-state index in [1.807, 2.05) is 0 Å². The molecule has 0 aliphatic heterocycles. The second-order valence-corrected chi connectivity index (χ2v) is 12.6. The summed E-state index contributed by atoms with van der Waals surface area (Å²) in [6.45, 7) is 5.27. The van der Waals surface area contributed by atoms with E-state index in [1.54, 1.807) is 30.3 Å². The second-order valence-electron chi connectivity index (χ2n) is 12.6. The molecule has 244 valence electrons. The van der Waals surface area contributed by atoms with Crippen molar-refractivity contribution in [3.05, 3.63) is 58.1 Å². The monoisotopic (exact) mass is 606 g/mol. The molecule has 0 radical (unpaired) electrons. The lowest BCUT2D eigenvalue weighted by Gasteiger charge is -2.23. The number of aliphatic hydroxyl groups excluding tert-OH is 1. The number of unbranched alkanes of at least 4 members (excludes halogenated alkanes) is 18. The average molecular weight is 607 g/mol. The van der Waals surface area contributed by atoms with Gasteiger partial charge in [-0.2, -0.15) is 0 Å². The quantitative estimate of drug-likeness (QED) is 0.0971. The molecule has 0 heterocycles. The summed E-state index contributed by atoms with van der Waals surface area (Å²) < 4.78 is 12.3. The zero-order chi connectivity index (χ0) is 31.4. The predicted octanol–water partition coefficient (Wildman–Crippen LogP) is 10.6. The summed E-state index contributed by atoms with van der Waals surface area (Å²) in [5.74, 6) is 0.388. The van der Waals surface area contributed by atoms with E-state index in [0.717, 1.165) is 25.7 Å². The summed E-state index contributed by atoms with van der Waals surface area (Å²) in [6.07, 6.45) is 24.7. The molecule has 1 aliphatic carbocycles. The van der Waals surface area contributed by atoms with Crippen LogP contribution >= 0.6 is 0 Å². The molecule has 0 unspecified atom stereocenters. The Morgan fingerprint density at radius 2 is 0.977 bits per heavy atom. The Morgan fingerprint density at radius 1 is 0.523 bits per heavy atom. The van der Waals surface area contributed by atoms with Gasteiger partial charge in [0.15, 0.2) is 5.78 Å². The Bertz CT molecular complexity index is 1140. The molecule has 0 saturated carbocycles. The fraction of sp³-hybridized carbons (Fsp3) is 0.641. The van der Waals surface area contributed by atoms with E-state index in [0.29, 0.717) is 52.5 Å². The standard InChI is InChI=1S/C39H58O5/c1-3-5-7-9-11-13-15-17-19-21-26-43-34-25-23-24-32-36(34)39(42)37-33(38(32)41)28-31(30-40)29-35(37)44-27-22-20-18-16-14-12-10-8-6-4-2/h23-25,28-29,40H,3-22,26-27,30H2,1-2H3. The lowest BCUT2D eigenvalue weighted by atomic mass is 9.82. The fourth-order valence-electron chi connectivity index (χ4n) is 6.18. The normalized spacial score (nSPS) is 12.3. The van der Waals surface area contributed by atoms with E-state index in [2.05, 4.69) is 13.8 Å². The molecule has 1 N–H and O–H groups in total. The summed E-state index contributed by atoms with van der Waals surface area (Å²) in [4.78, 5) is 27.5. The van der Waals surface area contributed by atoms with Gasteiger partial charge in [0.05, 0.1) is 30.9 Å². The van der Waals surface area contributed by atoms with Crippen LogP contribution in [-0.4, -0.2) is 29.9 Å². The van der Waals surface area contributed by atoms with Gasteiger partial charge in [0.1, 0.15) is 11.5 Å². The van der Waals surface area contributed by atoms with Crippen molar-refractivity contribution in [1.82, 2.24) is 0 Å². The van der Waals surface area contributed by atoms with Crippen LogP contribution < -0.4 is 9.47 Å². The molecule has 2 aromatic rings. The van der Waals surface area contributed by atoms with E-state index in [-0.39, 0.29) is 18.2 Å². The van der Waals surface area contributed by atoms with E-state index in [1.165, 1.54) is 103 Å². The van der Waals surface area contributed by atoms with Crippen molar-refractivity contribution < 1.29 is 24.2 Å². The van der Waals surface area contributed by atoms with Crippen LogP contribution in [0.2, 0.25) is 0 Å². The highest BCUT2D eigenvalue weighted by Crippen LogP contribution is 2.38. The van der Waals surface area contributed by atoms with Gasteiger partial charge < -0.3 is 14.6 Å². The SMILES string of the molecule is CCCCCCCCCCCCOc1cccc2c1C(=O)c1c(OCCCCCCCCCCCC)cc(CO)cc1C2=O. The number of fused-ring (bicyclic) bond motifs is 2. The van der Waals surface area contributed by atoms with Gasteiger partial charge in [-0.25, -0.2) is 0 Å². The molecule has 0 amide bonds. The summed E-state index contributed by atoms with van der Waals surface area (Å²) >= 11 is 0. The minimum absolute atomic E-state index is 0.224. The third-order valence-electron chi connectivity index (χ3n) is 8.83. The Morgan fingerprint density at radius 3 is 1.48 bits per heavy atom. The number of ketones is 2. The molecule has 0 bridgehead atoms. The number of aliphatic hydroxyl groups is 1. The van der Waals surface area contributed by atoms with Crippen LogP contribution in [0.4, 0.5) is 0 Å². The Labute approximate surface area is 267 Å². The van der Waals surface area contributed by atoms with Crippen molar-refractivity contribution in [3.63, 3.8) is 0 Å². The van der Waals surface area contributed by atoms with Crippen molar-refractivity contribution in [2.24, 2.45) is 0 Å². The maximum Gasteiger partial charge on any atom is 0.201 e. The first-order valence-electron chi connectivity index (χ1n) is 17.9. The third-order valence-corrected chi connectivity index (χ3v) is 8.83. The van der Waals surface area contributed by atoms with Gasteiger partial charge in [-0.15, -0.1) is 0 Å². The number of ether oxygens (including phenoxy) is 2. The van der Waals surface area contributed by atoms with Gasteiger partial charge in [0.2, 0.25) is 5.78 Å². The molecular weight excluding hydrogens is 548 g/mol. The maximum absolute atomic E-state index is 13.9. The number of carbonyl (C=O) groups excluding carboxylic acids is 2. The minimum atomic E-state index is -0.240. The minimum Gasteiger partial charge on any atom is -0.493 e. The number of rotatable bonds is 25. The van der Waals surface area contributed by atoms with E-state index >= 15 is 0 Å². The summed E-state index contributed by atoms with van der Waals surface area (Å²) in [6, 6.07) is 8.60. The second kappa shape index (κ2) is 21.1. The molecule has 2 aromatic carbocycles. The van der Waals surface area contributed by atoms with Crippen LogP contribution in [0.25, 0.3) is 0 Å². The lowest BCUT2D eigenvalue weighted by molar-refractivity contribution is 0.0971. The molecule has 0 spiro atoms. The first-order valence-corrected chi connectivity index (χ1v) is 17.9. The van der Waals surface area contributed by atoms with E-state index < -0.39 is 0 Å². The molecule has 0 saturated heterocycles. The molecule has 5 heteroatoms. The highest BCUT2D eigenvalue weighted by atomic mass is 16.5. The van der Waals surface area contributed by atoms with Crippen LogP contribution in [0, 0.1) is 0 Å². The van der Waals surface area contributed by atoms with Crippen molar-refractivity contribution in [2.45, 2.75) is 149 Å². The average Bonchev–Trinajstić information content (AvgIpc) is 3.04. The molecule has 0 atom stereocenters. The van der Waals surface area contributed by atoms with E-state index in [4.69, 9.17) is 9.47 Å². The van der Waals surface area contributed by atoms with E-state index in [9.17, 15) is 14.7 Å². The predicted molar refractivity (Wildman–Crippen MR) is 180 cm³/mol. The smallest absolute Gasteiger partial charge is 0.201 e. The molecule has 44 heavy (non-hydrogen) atoms. The summed E-state index contributed by atoms with van der Waals surface area (Å²) in [5, 5.41) is 9.88. The number of hydrogen-bond acceptors (Lipinski definition) is 5. The first kappa shape index (κ1) is 35.8. The highest BCUT2D eigenvalue weighted by Gasteiger charge is 2.35. The number of benzene rings is 2. The first-order chi connectivity index (χ1) is 21.6. The van der Waals surface area contributed by atoms with Gasteiger partial charge in [-0.1, -0.05) is 142 Å². The molecular formula is C39H58O5. The molecule has 3 rings (SSSR count). The summed E-state index contributed by atoms with van der Waals surface area (Å²) in [7, 11) is 0. The fourth-order valence-corrected chi connectivity index (χ4v) is 6.18. The van der Waals surface area contributed by atoms with Crippen LogP contribution in [0.1, 0.15) is 180 Å². The van der Waals surface area contributed by atoms with Gasteiger partial charge in [-0.05, 0) is 36.6 Å². The molecule has 1 aliphatic rings. The van der Waals surface area contributed by atoms with Crippen LogP contribution in [0.5, 0.6) is 11.5 Å². The Kier molecular flexibility index (Phi) is 17.2. The largest absolute Gasteiger partial charge is 0.493 e. The Balaban J connectivity index is 1.53. The third kappa shape index (κ3) is 11.4. The summed E-state index contributed by atoms with van der Waals surface area (Å²) in [5.41, 5.74) is 1.86. The highest BCUT2D eigenvalue weighted by molar-refractivity contribution is 6.30. The van der Waals surface area contributed by atoms with Gasteiger partial charge in [0, 0.05) is 11.1 Å². The molecule has 0 aromatic heterocycles. The molecule has 5 nitrogen and oxygen atoms in total. The zero-order valence-electron chi connectivity index (χ0n) is 27.7. The van der Waals surface area contributed by atoms with Gasteiger partial charge >= 0.3 is 0 Å². The van der Waals surface area contributed by atoms with Gasteiger partial charge in [0.25, 0.3) is 0 Å². The Hall–Kier alpha value is -2.66. The van der Waals surface area contributed by atoms with Crippen molar-refractivity contribution >= 4 is 11.6 Å².